The van der Waals surface area contributed by atoms with Gasteiger partial charge in [-0.25, -0.2) is 0 Å². The van der Waals surface area contributed by atoms with Crippen molar-refractivity contribution in [3.8, 4) is 44.5 Å². The Labute approximate surface area is 130 Å². The fourth-order valence-electron chi connectivity index (χ4n) is 3.53. The van der Waals surface area contributed by atoms with E-state index in [1.165, 1.54) is 44.5 Å². The lowest BCUT2D eigenvalue weighted by Crippen LogP contribution is -1.98. The predicted molar refractivity (Wildman–Crippen MR) is 92.9 cm³/mol. The minimum atomic E-state index is 1.29. The molecule has 102 valence electrons. The first-order valence-electron chi connectivity index (χ1n) is 7.64. The predicted octanol–water partition coefficient (Wildman–Crippen LogP) is 6.11. The molecule has 0 aromatic heterocycles. The molecule has 0 saturated heterocycles. The first kappa shape index (κ1) is 11.8. The molecule has 22 heavy (non-hydrogen) atoms. The van der Waals surface area contributed by atoms with Crippen molar-refractivity contribution >= 4 is 0 Å². The van der Waals surface area contributed by atoms with Crippen LogP contribution in [0.5, 0.6) is 0 Å². The molecule has 0 unspecified atom stereocenters. The molecule has 5 rings (SSSR count). The molecule has 0 atom stereocenters. The highest BCUT2D eigenvalue weighted by Crippen LogP contribution is 2.49. The maximum atomic E-state index is 2.33. The highest BCUT2D eigenvalue weighted by atomic mass is 14.3. The Morgan fingerprint density at radius 3 is 1.77 bits per heavy atom. The van der Waals surface area contributed by atoms with E-state index >= 15 is 0 Å². The van der Waals surface area contributed by atoms with Gasteiger partial charge in [0.05, 0.1) is 0 Å². The molecular formula is C22H14. The van der Waals surface area contributed by atoms with Gasteiger partial charge in [0, 0.05) is 0 Å². The summed E-state index contributed by atoms with van der Waals surface area (Å²) < 4.78 is 0. The van der Waals surface area contributed by atoms with Crippen LogP contribution < -0.4 is 0 Å². The van der Waals surface area contributed by atoms with Gasteiger partial charge < -0.3 is 0 Å². The van der Waals surface area contributed by atoms with Crippen molar-refractivity contribution in [1.29, 1.82) is 0 Å². The second-order valence-corrected chi connectivity index (χ2v) is 5.83. The van der Waals surface area contributed by atoms with E-state index in [4.69, 9.17) is 0 Å². The molecule has 3 aliphatic rings. The normalized spacial score (nSPS) is 11.6. The molecule has 0 amide bonds. The van der Waals surface area contributed by atoms with Crippen molar-refractivity contribution < 1.29 is 0 Å². The molecule has 0 fully saturated rings. The minimum Gasteiger partial charge on any atom is -0.0622 e. The van der Waals surface area contributed by atoms with Gasteiger partial charge in [0.1, 0.15) is 0 Å². The molecule has 2 aromatic rings. The van der Waals surface area contributed by atoms with Crippen LogP contribution in [0.15, 0.2) is 84.9 Å². The van der Waals surface area contributed by atoms with E-state index in [1.807, 2.05) is 0 Å². The van der Waals surface area contributed by atoms with Crippen LogP contribution in [0.4, 0.5) is 0 Å². The van der Waals surface area contributed by atoms with Crippen molar-refractivity contribution in [1.82, 2.24) is 0 Å². The number of fused-ring (bicyclic) bond motifs is 5. The first-order valence-corrected chi connectivity index (χ1v) is 7.64. The molecule has 0 heteroatoms. The van der Waals surface area contributed by atoms with E-state index < -0.39 is 0 Å². The minimum absolute atomic E-state index is 1.29. The van der Waals surface area contributed by atoms with Crippen molar-refractivity contribution in [2.45, 2.75) is 0 Å². The summed E-state index contributed by atoms with van der Waals surface area (Å²) in [5, 5.41) is 0. The number of hydrogen-bond donors (Lipinski definition) is 0. The van der Waals surface area contributed by atoms with E-state index in [1.54, 1.807) is 0 Å². The van der Waals surface area contributed by atoms with Gasteiger partial charge in [-0.15, -0.1) is 0 Å². The van der Waals surface area contributed by atoms with Crippen LogP contribution >= 0.6 is 0 Å². The zero-order chi connectivity index (χ0) is 14.5. The molecule has 0 saturated carbocycles. The van der Waals surface area contributed by atoms with Gasteiger partial charge in [0.15, 0.2) is 0 Å². The van der Waals surface area contributed by atoms with Crippen LogP contribution in [-0.4, -0.2) is 0 Å². The lowest BCUT2D eigenvalue weighted by atomic mass is 9.79. The van der Waals surface area contributed by atoms with Crippen molar-refractivity contribution in [2.24, 2.45) is 0 Å². The van der Waals surface area contributed by atoms with Crippen LogP contribution in [0, 0.1) is 0 Å². The third-order valence-electron chi connectivity index (χ3n) is 4.63. The molecular weight excluding hydrogens is 264 g/mol. The second-order valence-electron chi connectivity index (χ2n) is 5.83. The van der Waals surface area contributed by atoms with Crippen LogP contribution in [0.25, 0.3) is 44.5 Å². The summed E-state index contributed by atoms with van der Waals surface area (Å²) in [5.74, 6) is 0. The van der Waals surface area contributed by atoms with Crippen molar-refractivity contribution in [3.05, 3.63) is 84.9 Å². The Morgan fingerprint density at radius 1 is 0.318 bits per heavy atom. The van der Waals surface area contributed by atoms with Gasteiger partial charge in [-0.3, -0.25) is 0 Å². The molecule has 0 radical (unpaired) electrons. The topological polar surface area (TPSA) is 0 Å². The molecule has 0 bridgehead atoms. The molecule has 0 aliphatic heterocycles. The highest BCUT2D eigenvalue weighted by Gasteiger charge is 2.22. The zero-order valence-corrected chi connectivity index (χ0v) is 12.1. The Hall–Kier alpha value is -2.86. The smallest absolute Gasteiger partial charge is 0.00928 e. The van der Waals surface area contributed by atoms with E-state index in [9.17, 15) is 0 Å². The Balaban J connectivity index is 1.68. The number of hydrogen-bond acceptors (Lipinski definition) is 0. The summed E-state index contributed by atoms with van der Waals surface area (Å²) in [4.78, 5) is 0. The van der Waals surface area contributed by atoms with Gasteiger partial charge in [-0.1, -0.05) is 78.9 Å². The average molecular weight is 278 g/mol. The molecule has 0 nitrogen and oxygen atoms in total. The maximum Gasteiger partial charge on any atom is -0.00928 e. The average Bonchev–Trinajstić information content (AvgIpc) is 2.80. The second kappa shape index (κ2) is 4.32. The zero-order valence-electron chi connectivity index (χ0n) is 12.1. The van der Waals surface area contributed by atoms with Gasteiger partial charge in [-0.05, 0) is 50.6 Å². The van der Waals surface area contributed by atoms with E-state index in [2.05, 4.69) is 84.9 Å². The summed E-state index contributed by atoms with van der Waals surface area (Å²) in [6, 6.07) is 30.6. The third kappa shape index (κ3) is 1.52. The fraction of sp³-hybridized carbons (Fsp3) is 0. The monoisotopic (exact) mass is 278 g/mol. The van der Waals surface area contributed by atoms with Crippen LogP contribution in [0.1, 0.15) is 0 Å². The van der Waals surface area contributed by atoms with E-state index in [0.717, 1.165) is 0 Å². The van der Waals surface area contributed by atoms with Crippen molar-refractivity contribution in [2.75, 3.05) is 0 Å². The molecule has 2 aromatic carbocycles. The summed E-state index contributed by atoms with van der Waals surface area (Å²) in [6.07, 6.45) is 0. The van der Waals surface area contributed by atoms with Gasteiger partial charge in [0.2, 0.25) is 0 Å². The number of rotatable bonds is 1. The number of benzene rings is 2. The summed E-state index contributed by atoms with van der Waals surface area (Å²) in [7, 11) is 0. The quantitative estimate of drug-likeness (QED) is 0.347. The van der Waals surface area contributed by atoms with E-state index in [-0.39, 0.29) is 0 Å². The Morgan fingerprint density at radius 2 is 0.864 bits per heavy atom. The molecule has 0 heterocycles. The summed E-state index contributed by atoms with van der Waals surface area (Å²) >= 11 is 0. The highest BCUT2D eigenvalue weighted by molar-refractivity contribution is 6.04. The van der Waals surface area contributed by atoms with Crippen LogP contribution in [0.3, 0.4) is 0 Å². The SMILES string of the molecule is c1ccc2ccc(-c3ccc4c(c3)-c3ccccc3-4)c-2cc1. The fourth-order valence-corrected chi connectivity index (χ4v) is 3.53. The maximum absolute atomic E-state index is 2.33. The molecule has 0 N–H and O–H groups in total. The van der Waals surface area contributed by atoms with Gasteiger partial charge in [-0.2, -0.15) is 0 Å². The lowest BCUT2D eigenvalue weighted by molar-refractivity contribution is 1.52. The van der Waals surface area contributed by atoms with E-state index in [0.29, 0.717) is 0 Å². The Kier molecular flexibility index (Phi) is 2.31. The summed E-state index contributed by atoms with van der Waals surface area (Å²) in [6.45, 7) is 0. The first-order chi connectivity index (χ1) is 10.9. The third-order valence-corrected chi connectivity index (χ3v) is 4.63. The van der Waals surface area contributed by atoms with Crippen molar-refractivity contribution in [3.63, 3.8) is 0 Å². The van der Waals surface area contributed by atoms with Crippen LogP contribution in [-0.2, 0) is 0 Å². The Bertz CT molecular complexity index is 978. The lowest BCUT2D eigenvalue weighted by Gasteiger charge is -2.24. The van der Waals surface area contributed by atoms with Crippen LogP contribution in [0.2, 0.25) is 0 Å². The summed E-state index contributed by atoms with van der Waals surface area (Å²) in [5.41, 5.74) is 10.7. The largest absolute Gasteiger partial charge is 0.0622 e. The van der Waals surface area contributed by atoms with Gasteiger partial charge in [0.25, 0.3) is 0 Å². The molecule has 0 spiro atoms. The standard InChI is InChI=1S/C22H14/c1-2-6-15-10-12-18(17(15)7-3-1)16-11-13-21-19-8-4-5-9-20(19)22(21)14-16/h1-14H. The van der Waals surface area contributed by atoms with Gasteiger partial charge >= 0.3 is 0 Å². The molecule has 3 aliphatic carbocycles.